The van der Waals surface area contributed by atoms with Crippen molar-refractivity contribution in [3.63, 3.8) is 0 Å². The third kappa shape index (κ3) is 3.70. The summed E-state index contributed by atoms with van der Waals surface area (Å²) in [5, 5.41) is 3.77. The van der Waals surface area contributed by atoms with Crippen LogP contribution in [-0.2, 0) is 6.42 Å². The molecule has 5 rings (SSSR count). The van der Waals surface area contributed by atoms with E-state index in [1.54, 1.807) is 12.1 Å². The second-order valence-corrected chi connectivity index (χ2v) is 9.21. The van der Waals surface area contributed by atoms with Crippen LogP contribution in [0.1, 0.15) is 43.5 Å². The molecule has 0 fully saturated rings. The zero-order valence-electron chi connectivity index (χ0n) is 18.1. The Morgan fingerprint density at radius 2 is 1.65 bits per heavy atom. The lowest BCUT2D eigenvalue weighted by atomic mass is 9.86. The zero-order chi connectivity index (χ0) is 21.6. The van der Waals surface area contributed by atoms with Crippen molar-refractivity contribution in [1.82, 2.24) is 14.7 Å². The fourth-order valence-corrected chi connectivity index (χ4v) is 4.60. The minimum atomic E-state index is -0.282. The Balaban J connectivity index is 1.74. The number of halogens is 1. The highest BCUT2D eigenvalue weighted by Crippen LogP contribution is 2.41. The summed E-state index contributed by atoms with van der Waals surface area (Å²) < 4.78 is 17.2. The van der Waals surface area contributed by atoms with Crippen LogP contribution in [-0.4, -0.2) is 21.1 Å². The number of fused-ring (bicyclic) bond motifs is 2. The van der Waals surface area contributed by atoms with Crippen molar-refractivity contribution in [2.45, 2.75) is 44.9 Å². The van der Waals surface area contributed by atoms with Crippen LogP contribution >= 0.6 is 0 Å². The number of benzene rings is 2. The van der Waals surface area contributed by atoms with E-state index in [1.165, 1.54) is 5.56 Å². The van der Waals surface area contributed by atoms with Crippen molar-refractivity contribution in [2.24, 2.45) is 0 Å². The molecule has 1 aliphatic rings. The summed E-state index contributed by atoms with van der Waals surface area (Å²) in [5.74, 6) is 0.628. The maximum absolute atomic E-state index is 15.2. The highest BCUT2D eigenvalue weighted by molar-refractivity contribution is 5.57. The van der Waals surface area contributed by atoms with Crippen molar-refractivity contribution in [3.8, 4) is 0 Å². The highest BCUT2D eigenvalue weighted by Gasteiger charge is 2.39. The van der Waals surface area contributed by atoms with E-state index in [1.807, 2.05) is 53.2 Å². The Kier molecular flexibility index (Phi) is 4.78. The van der Waals surface area contributed by atoms with Gasteiger partial charge in [0.1, 0.15) is 17.3 Å². The molecule has 2 atom stereocenters. The summed E-state index contributed by atoms with van der Waals surface area (Å²) in [7, 11) is 0. The Morgan fingerprint density at radius 1 is 0.935 bits per heavy atom. The minimum absolute atomic E-state index is 0.0376. The van der Waals surface area contributed by atoms with Gasteiger partial charge in [-0.2, -0.15) is 0 Å². The third-order valence-electron chi connectivity index (χ3n) is 5.79. The molecule has 1 aliphatic heterocycles. The number of hydrogen-bond acceptors (Lipinski definition) is 3. The Labute approximate surface area is 182 Å². The highest BCUT2D eigenvalue weighted by atomic mass is 19.1. The third-order valence-corrected chi connectivity index (χ3v) is 5.79. The number of aromatic nitrogens is 2. The van der Waals surface area contributed by atoms with Crippen LogP contribution in [0.3, 0.4) is 0 Å². The largest absolute Gasteiger partial charge is 0.328 e. The number of hydrogen-bond donors (Lipinski definition) is 1. The maximum Gasteiger partial charge on any atom is 0.149 e. The number of nitrogens with one attached hydrogen (secondary N) is 1. The summed E-state index contributed by atoms with van der Waals surface area (Å²) in [6.07, 6.45) is 4.80. The molecule has 1 N–H and O–H groups in total. The average Bonchev–Trinajstić information content (AvgIpc) is 3.16. The number of rotatable bonds is 3. The fraction of sp³-hybridized carbons (Fsp3) is 0.269. The molecule has 3 heterocycles. The molecule has 0 saturated heterocycles. The molecule has 4 aromatic rings. The first-order valence-electron chi connectivity index (χ1n) is 10.7. The second-order valence-electron chi connectivity index (χ2n) is 9.21. The van der Waals surface area contributed by atoms with Gasteiger partial charge in [0.05, 0.1) is 18.4 Å². The lowest BCUT2D eigenvalue weighted by Crippen LogP contribution is -2.57. The predicted molar refractivity (Wildman–Crippen MR) is 123 cm³/mol. The molecule has 2 aromatic carbocycles. The molecule has 0 spiro atoms. The topological polar surface area (TPSA) is 32.6 Å². The molecular formula is C26H27FN4. The summed E-state index contributed by atoms with van der Waals surface area (Å²) in [6, 6.07) is 21.1. The summed E-state index contributed by atoms with van der Waals surface area (Å²) in [4.78, 5) is 7.17. The molecule has 2 aromatic heterocycles. The Bertz CT molecular complexity index is 1190. The van der Waals surface area contributed by atoms with Crippen molar-refractivity contribution < 1.29 is 4.39 Å². The summed E-state index contributed by atoms with van der Waals surface area (Å²) >= 11 is 0. The van der Waals surface area contributed by atoms with Gasteiger partial charge in [0.15, 0.2) is 0 Å². The van der Waals surface area contributed by atoms with Crippen LogP contribution in [0.5, 0.6) is 0 Å². The van der Waals surface area contributed by atoms with Crippen molar-refractivity contribution in [3.05, 3.63) is 102 Å². The smallest absolute Gasteiger partial charge is 0.149 e. The number of pyridine rings is 1. The molecule has 0 bridgehead atoms. The van der Waals surface area contributed by atoms with Crippen molar-refractivity contribution in [2.75, 3.05) is 4.90 Å². The SMILES string of the molecule is CC(C)(C)NC1Cc2ccccc2C(c2ccccc2F)N1c1cn2ccccc2n1. The van der Waals surface area contributed by atoms with Crippen molar-refractivity contribution >= 4 is 11.5 Å². The van der Waals surface area contributed by atoms with E-state index in [2.05, 4.69) is 49.2 Å². The minimum Gasteiger partial charge on any atom is -0.328 e. The van der Waals surface area contributed by atoms with E-state index in [0.29, 0.717) is 5.56 Å². The van der Waals surface area contributed by atoms with Gasteiger partial charge in [-0.15, -0.1) is 0 Å². The standard InChI is InChI=1S/C26H27FN4/c1-26(2,3)29-23-16-18-10-4-5-11-19(18)25(20-12-6-7-13-21(20)27)31(23)24-17-30-15-9-8-14-22(30)28-24/h4-15,17,23,25,29H,16H2,1-3H3. The molecule has 31 heavy (non-hydrogen) atoms. The van der Waals surface area contributed by atoms with Gasteiger partial charge in [-0.05, 0) is 50.1 Å². The van der Waals surface area contributed by atoms with Crippen LogP contribution in [0.4, 0.5) is 10.2 Å². The Morgan fingerprint density at radius 3 is 2.39 bits per heavy atom. The average molecular weight is 415 g/mol. The molecule has 0 aliphatic carbocycles. The maximum atomic E-state index is 15.2. The molecule has 0 radical (unpaired) electrons. The van der Waals surface area contributed by atoms with E-state index >= 15 is 4.39 Å². The van der Waals surface area contributed by atoms with Crippen LogP contribution in [0, 0.1) is 5.82 Å². The lowest BCUT2D eigenvalue weighted by molar-refractivity contribution is 0.324. The van der Waals surface area contributed by atoms with E-state index in [9.17, 15) is 0 Å². The van der Waals surface area contributed by atoms with Crippen LogP contribution in [0.25, 0.3) is 5.65 Å². The van der Waals surface area contributed by atoms with Gasteiger partial charge in [0.2, 0.25) is 0 Å². The van der Waals surface area contributed by atoms with E-state index in [-0.39, 0.29) is 23.6 Å². The van der Waals surface area contributed by atoms with E-state index < -0.39 is 0 Å². The van der Waals surface area contributed by atoms with Crippen LogP contribution in [0.15, 0.2) is 79.1 Å². The monoisotopic (exact) mass is 414 g/mol. The van der Waals surface area contributed by atoms with E-state index in [4.69, 9.17) is 4.98 Å². The van der Waals surface area contributed by atoms with Crippen LogP contribution in [0.2, 0.25) is 0 Å². The molecule has 4 nitrogen and oxygen atoms in total. The van der Waals surface area contributed by atoms with Gasteiger partial charge >= 0.3 is 0 Å². The van der Waals surface area contributed by atoms with Gasteiger partial charge in [0.25, 0.3) is 0 Å². The normalized spacial score (nSPS) is 18.9. The number of nitrogens with zero attached hydrogens (tertiary/aromatic N) is 3. The molecule has 158 valence electrons. The fourth-order valence-electron chi connectivity index (χ4n) is 4.60. The molecular weight excluding hydrogens is 387 g/mol. The summed E-state index contributed by atoms with van der Waals surface area (Å²) in [6.45, 7) is 6.48. The van der Waals surface area contributed by atoms with Gasteiger partial charge in [-0.3, -0.25) is 5.32 Å². The molecule has 2 unspecified atom stereocenters. The summed E-state index contributed by atoms with van der Waals surface area (Å²) in [5.41, 5.74) is 3.77. The van der Waals surface area contributed by atoms with E-state index in [0.717, 1.165) is 23.4 Å². The quantitative estimate of drug-likeness (QED) is 0.491. The molecule has 0 amide bonds. The predicted octanol–water partition coefficient (Wildman–Crippen LogP) is 5.34. The van der Waals surface area contributed by atoms with Crippen molar-refractivity contribution in [1.29, 1.82) is 0 Å². The van der Waals surface area contributed by atoms with Gasteiger partial charge < -0.3 is 9.30 Å². The first-order valence-corrected chi connectivity index (χ1v) is 10.7. The first kappa shape index (κ1) is 19.8. The molecule has 0 saturated carbocycles. The van der Waals surface area contributed by atoms with Gasteiger partial charge in [0, 0.05) is 23.7 Å². The van der Waals surface area contributed by atoms with Gasteiger partial charge in [-0.25, -0.2) is 9.37 Å². The first-order chi connectivity index (χ1) is 14.9. The molecule has 5 heteroatoms. The second kappa shape index (κ2) is 7.50. The lowest BCUT2D eigenvalue weighted by Gasteiger charge is -2.46. The van der Waals surface area contributed by atoms with Gasteiger partial charge in [-0.1, -0.05) is 48.5 Å². The number of anilines is 1. The number of imidazole rings is 1. The van der Waals surface area contributed by atoms with Crippen LogP contribution < -0.4 is 10.2 Å². The zero-order valence-corrected chi connectivity index (χ0v) is 18.1. The Hall–Kier alpha value is -3.18.